The summed E-state index contributed by atoms with van der Waals surface area (Å²) in [5, 5.41) is 15.4. The number of aromatic nitrogens is 2. The van der Waals surface area contributed by atoms with E-state index in [1.54, 1.807) is 6.92 Å². The number of nitrogens with zero attached hydrogens (tertiary/aromatic N) is 2. The Morgan fingerprint density at radius 2 is 2.26 bits per heavy atom. The lowest BCUT2D eigenvalue weighted by molar-refractivity contribution is -0.142. The predicted molar refractivity (Wildman–Crippen MR) is 64.3 cm³/mol. The molecule has 104 valence electrons. The van der Waals surface area contributed by atoms with Crippen LogP contribution in [-0.2, 0) is 16.0 Å². The fraction of sp³-hybridized carbons (Fsp3) is 0.667. The van der Waals surface area contributed by atoms with Crippen LogP contribution in [-0.4, -0.2) is 33.2 Å². The highest BCUT2D eigenvalue weighted by Gasteiger charge is 2.33. The number of hydrogen-bond acceptors (Lipinski definition) is 5. The molecule has 0 radical (unpaired) electrons. The minimum absolute atomic E-state index is 0.172. The zero-order valence-corrected chi connectivity index (χ0v) is 10.8. The van der Waals surface area contributed by atoms with Crippen molar-refractivity contribution in [3.63, 3.8) is 0 Å². The number of aliphatic carboxylic acids is 1. The first-order valence-electron chi connectivity index (χ1n) is 6.37. The molecule has 0 saturated heterocycles. The summed E-state index contributed by atoms with van der Waals surface area (Å²) in [5.41, 5.74) is 0. The number of carboxylic acid groups (broad SMARTS) is 1. The van der Waals surface area contributed by atoms with Crippen LogP contribution in [0.3, 0.4) is 0 Å². The third-order valence-corrected chi connectivity index (χ3v) is 3.32. The van der Waals surface area contributed by atoms with Crippen molar-refractivity contribution in [2.45, 2.75) is 45.1 Å². The summed E-state index contributed by atoms with van der Waals surface area (Å²) in [4.78, 5) is 26.8. The van der Waals surface area contributed by atoms with Crippen LogP contribution in [0.2, 0.25) is 0 Å². The van der Waals surface area contributed by atoms with Gasteiger partial charge in [-0.2, -0.15) is 4.98 Å². The monoisotopic (exact) mass is 267 g/mol. The molecule has 2 unspecified atom stereocenters. The molecule has 1 fully saturated rings. The Balaban J connectivity index is 1.79. The van der Waals surface area contributed by atoms with E-state index in [9.17, 15) is 9.59 Å². The predicted octanol–water partition coefficient (Wildman–Crippen LogP) is 0.680. The second-order valence-electron chi connectivity index (χ2n) is 4.78. The van der Waals surface area contributed by atoms with Crippen LogP contribution < -0.4 is 5.32 Å². The molecular formula is C12H17N3O4. The van der Waals surface area contributed by atoms with Gasteiger partial charge in [-0.05, 0) is 19.8 Å². The molecule has 1 saturated carbocycles. The second-order valence-corrected chi connectivity index (χ2v) is 4.78. The molecule has 1 aromatic heterocycles. The summed E-state index contributed by atoms with van der Waals surface area (Å²) < 4.78 is 4.91. The largest absolute Gasteiger partial charge is 0.481 e. The summed E-state index contributed by atoms with van der Waals surface area (Å²) in [5.74, 6) is -0.509. The second kappa shape index (κ2) is 5.81. The van der Waals surface area contributed by atoms with Gasteiger partial charge in [-0.15, -0.1) is 0 Å². The van der Waals surface area contributed by atoms with Crippen LogP contribution >= 0.6 is 0 Å². The lowest BCUT2D eigenvalue weighted by atomic mass is 10.0. The molecule has 1 aliphatic rings. The average molecular weight is 267 g/mol. The standard InChI is InChI=1S/C12H17N3O4/c1-7-13-11(19-15-7)6-5-10(16)14-9-4-2-3-8(9)12(17)18/h8-9H,2-6H2,1H3,(H,14,16)(H,17,18). The molecule has 1 amide bonds. The van der Waals surface area contributed by atoms with Gasteiger partial charge in [0, 0.05) is 18.9 Å². The summed E-state index contributed by atoms with van der Waals surface area (Å²) in [7, 11) is 0. The normalized spacial score (nSPS) is 22.4. The fourth-order valence-corrected chi connectivity index (χ4v) is 2.37. The lowest BCUT2D eigenvalue weighted by Gasteiger charge is -2.17. The van der Waals surface area contributed by atoms with Crippen LogP contribution in [0.5, 0.6) is 0 Å². The molecule has 1 aliphatic carbocycles. The van der Waals surface area contributed by atoms with Crippen LogP contribution in [0.25, 0.3) is 0 Å². The minimum atomic E-state index is -0.838. The van der Waals surface area contributed by atoms with E-state index < -0.39 is 11.9 Å². The summed E-state index contributed by atoms with van der Waals surface area (Å²) >= 11 is 0. The van der Waals surface area contributed by atoms with Crippen LogP contribution in [0.15, 0.2) is 4.52 Å². The maximum absolute atomic E-state index is 11.8. The van der Waals surface area contributed by atoms with E-state index in [1.807, 2.05) is 0 Å². The summed E-state index contributed by atoms with van der Waals surface area (Å²) in [6.45, 7) is 1.71. The van der Waals surface area contributed by atoms with E-state index >= 15 is 0 Å². The van der Waals surface area contributed by atoms with E-state index in [-0.39, 0.29) is 18.4 Å². The number of carboxylic acids is 1. The first-order chi connectivity index (χ1) is 9.06. The van der Waals surface area contributed by atoms with Crippen molar-refractivity contribution in [3.8, 4) is 0 Å². The molecule has 7 nitrogen and oxygen atoms in total. The van der Waals surface area contributed by atoms with Crippen LogP contribution in [0, 0.1) is 12.8 Å². The maximum atomic E-state index is 11.8. The first-order valence-corrected chi connectivity index (χ1v) is 6.37. The average Bonchev–Trinajstić information content (AvgIpc) is 2.95. The molecule has 0 spiro atoms. The minimum Gasteiger partial charge on any atom is -0.481 e. The molecule has 0 aromatic carbocycles. The van der Waals surface area contributed by atoms with Crippen LogP contribution in [0.4, 0.5) is 0 Å². The molecule has 19 heavy (non-hydrogen) atoms. The molecular weight excluding hydrogens is 250 g/mol. The summed E-state index contributed by atoms with van der Waals surface area (Å²) in [6.07, 6.45) is 2.79. The quantitative estimate of drug-likeness (QED) is 0.812. The first kappa shape index (κ1) is 13.5. The van der Waals surface area contributed by atoms with Gasteiger partial charge in [-0.3, -0.25) is 9.59 Å². The zero-order chi connectivity index (χ0) is 13.8. The number of carbonyl (C=O) groups excluding carboxylic acids is 1. The van der Waals surface area contributed by atoms with Crippen molar-refractivity contribution in [3.05, 3.63) is 11.7 Å². The molecule has 0 bridgehead atoms. The Morgan fingerprint density at radius 3 is 2.89 bits per heavy atom. The molecule has 2 atom stereocenters. The number of aryl methyl sites for hydroxylation is 2. The fourth-order valence-electron chi connectivity index (χ4n) is 2.37. The number of nitrogens with one attached hydrogen (secondary N) is 1. The Labute approximate surface area is 110 Å². The van der Waals surface area contributed by atoms with Gasteiger partial charge in [-0.1, -0.05) is 11.6 Å². The molecule has 2 N–H and O–H groups in total. The van der Waals surface area contributed by atoms with Crippen molar-refractivity contribution < 1.29 is 19.2 Å². The van der Waals surface area contributed by atoms with Gasteiger partial charge in [0.1, 0.15) is 0 Å². The number of carbonyl (C=O) groups is 2. The van der Waals surface area contributed by atoms with Crippen molar-refractivity contribution in [2.24, 2.45) is 5.92 Å². The van der Waals surface area contributed by atoms with Gasteiger partial charge < -0.3 is 14.9 Å². The molecule has 7 heteroatoms. The Hall–Kier alpha value is -1.92. The van der Waals surface area contributed by atoms with Gasteiger partial charge in [0.2, 0.25) is 11.8 Å². The Kier molecular flexibility index (Phi) is 4.13. The smallest absolute Gasteiger partial charge is 0.308 e. The van der Waals surface area contributed by atoms with E-state index in [0.29, 0.717) is 24.6 Å². The summed E-state index contributed by atoms with van der Waals surface area (Å²) in [6, 6.07) is -0.255. The molecule has 1 aromatic rings. The van der Waals surface area contributed by atoms with Gasteiger partial charge in [0.25, 0.3) is 0 Å². The van der Waals surface area contributed by atoms with Crippen molar-refractivity contribution in [1.29, 1.82) is 0 Å². The number of amides is 1. The number of hydrogen-bond donors (Lipinski definition) is 2. The van der Waals surface area contributed by atoms with Crippen molar-refractivity contribution >= 4 is 11.9 Å². The highest BCUT2D eigenvalue weighted by Crippen LogP contribution is 2.25. The van der Waals surface area contributed by atoms with Crippen molar-refractivity contribution in [2.75, 3.05) is 0 Å². The molecule has 0 aliphatic heterocycles. The Bertz CT molecular complexity index is 471. The van der Waals surface area contributed by atoms with Crippen molar-refractivity contribution in [1.82, 2.24) is 15.5 Å². The van der Waals surface area contributed by atoms with Crippen LogP contribution in [0.1, 0.15) is 37.4 Å². The lowest BCUT2D eigenvalue weighted by Crippen LogP contribution is -2.40. The zero-order valence-electron chi connectivity index (χ0n) is 10.8. The van der Waals surface area contributed by atoms with E-state index in [2.05, 4.69) is 15.5 Å². The van der Waals surface area contributed by atoms with E-state index in [1.165, 1.54) is 0 Å². The topological polar surface area (TPSA) is 105 Å². The van der Waals surface area contributed by atoms with Gasteiger partial charge in [0.05, 0.1) is 5.92 Å². The highest BCUT2D eigenvalue weighted by molar-refractivity contribution is 5.78. The SMILES string of the molecule is Cc1noc(CCC(=O)NC2CCCC2C(=O)O)n1. The Morgan fingerprint density at radius 1 is 1.47 bits per heavy atom. The third kappa shape index (κ3) is 3.52. The van der Waals surface area contributed by atoms with E-state index in [0.717, 1.165) is 12.8 Å². The van der Waals surface area contributed by atoms with Gasteiger partial charge >= 0.3 is 5.97 Å². The maximum Gasteiger partial charge on any atom is 0.308 e. The molecule has 1 heterocycles. The highest BCUT2D eigenvalue weighted by atomic mass is 16.5. The molecule has 2 rings (SSSR count). The van der Waals surface area contributed by atoms with Gasteiger partial charge in [0.15, 0.2) is 5.82 Å². The number of rotatable bonds is 5. The third-order valence-electron chi connectivity index (χ3n) is 3.32. The van der Waals surface area contributed by atoms with E-state index in [4.69, 9.17) is 9.63 Å². The van der Waals surface area contributed by atoms with Gasteiger partial charge in [-0.25, -0.2) is 0 Å².